The average Bonchev–Trinajstić information content (AvgIpc) is 3.36. The summed E-state index contributed by atoms with van der Waals surface area (Å²) in [6.45, 7) is 4.31. The van der Waals surface area contributed by atoms with E-state index >= 15 is 0 Å². The highest BCUT2D eigenvalue weighted by atomic mass is 35.5. The molecule has 0 unspecified atom stereocenters. The maximum atomic E-state index is 12.4. The third kappa shape index (κ3) is 4.54. The summed E-state index contributed by atoms with van der Waals surface area (Å²) in [5, 5.41) is 16.7. The van der Waals surface area contributed by atoms with Gasteiger partial charge < -0.3 is 5.32 Å². The second-order valence-electron chi connectivity index (χ2n) is 6.82. The van der Waals surface area contributed by atoms with Gasteiger partial charge in [-0.25, -0.2) is 4.68 Å². The molecule has 0 bridgehead atoms. The highest BCUT2D eigenvalue weighted by Crippen LogP contribution is 2.36. The number of nitrogens with zero attached hydrogens (tertiary/aromatic N) is 4. The first-order valence-electron chi connectivity index (χ1n) is 9.00. The number of halogens is 2. The van der Waals surface area contributed by atoms with Gasteiger partial charge in [-0.3, -0.25) is 4.79 Å². The summed E-state index contributed by atoms with van der Waals surface area (Å²) in [5.41, 5.74) is 2.88. The summed E-state index contributed by atoms with van der Waals surface area (Å²) >= 11 is 12.3. The van der Waals surface area contributed by atoms with Crippen molar-refractivity contribution in [2.24, 2.45) is 10.2 Å². The van der Waals surface area contributed by atoms with Crippen LogP contribution in [0.4, 0.5) is 0 Å². The van der Waals surface area contributed by atoms with Crippen LogP contribution in [0.3, 0.4) is 0 Å². The Kier molecular flexibility index (Phi) is 6.07. The predicted octanol–water partition coefficient (Wildman–Crippen LogP) is 4.42. The Morgan fingerprint density at radius 2 is 2.04 bits per heavy atom. The van der Waals surface area contributed by atoms with Crippen LogP contribution >= 0.6 is 23.2 Å². The van der Waals surface area contributed by atoms with Gasteiger partial charge in [-0.15, -0.1) is 12.3 Å². The molecule has 0 fully saturated rings. The van der Waals surface area contributed by atoms with E-state index in [2.05, 4.69) is 26.6 Å². The van der Waals surface area contributed by atoms with Crippen molar-refractivity contribution in [3.05, 3.63) is 45.2 Å². The lowest BCUT2D eigenvalue weighted by Gasteiger charge is -2.10. The van der Waals surface area contributed by atoms with Gasteiger partial charge in [-0.2, -0.15) is 15.3 Å². The van der Waals surface area contributed by atoms with Crippen molar-refractivity contribution < 1.29 is 4.79 Å². The van der Waals surface area contributed by atoms with Crippen LogP contribution in [-0.4, -0.2) is 27.9 Å². The quantitative estimate of drug-likeness (QED) is 0.645. The second kappa shape index (κ2) is 8.34. The number of carbonyl (C=O) groups excluding carboxylic acids is 1. The first-order valence-corrected chi connectivity index (χ1v) is 9.75. The summed E-state index contributed by atoms with van der Waals surface area (Å²) in [4.78, 5) is 12.4. The number of terminal acetylenes is 1. The molecular formula is C20H21Cl2N5O. The van der Waals surface area contributed by atoms with Crippen LogP contribution in [-0.2, 0) is 11.2 Å². The Labute approximate surface area is 174 Å². The molecule has 0 aliphatic carbocycles. The highest BCUT2D eigenvalue weighted by molar-refractivity contribution is 6.35. The van der Waals surface area contributed by atoms with E-state index in [0.29, 0.717) is 29.4 Å². The molecule has 1 aromatic heterocycles. The lowest BCUT2D eigenvalue weighted by atomic mass is 10.0. The van der Waals surface area contributed by atoms with Crippen molar-refractivity contribution in [3.63, 3.8) is 0 Å². The van der Waals surface area contributed by atoms with Crippen molar-refractivity contribution in [1.29, 1.82) is 0 Å². The molecular weight excluding hydrogens is 397 g/mol. The van der Waals surface area contributed by atoms with Crippen LogP contribution in [0.5, 0.6) is 0 Å². The number of benzene rings is 1. The van der Waals surface area contributed by atoms with E-state index < -0.39 is 0 Å². The molecule has 0 spiro atoms. The first kappa shape index (κ1) is 20.4. The molecule has 1 amide bonds. The minimum absolute atomic E-state index is 0.0688. The largest absolute Gasteiger partial charge is 0.356 e. The summed E-state index contributed by atoms with van der Waals surface area (Å²) in [5.74, 6) is 2.53. The standard InChI is InChI=1S/C20H21Cl2N5O/c1-4-5-8-20(25-26-20)9-10-23-19(28)12-16-13(2)24-27(14(16)3)18-7-6-15(21)11-17(18)22/h1,6-7,11H,5,8-10,12H2,2-3H3,(H,23,28). The van der Waals surface area contributed by atoms with Crippen molar-refractivity contribution in [2.75, 3.05) is 6.54 Å². The maximum Gasteiger partial charge on any atom is 0.224 e. The van der Waals surface area contributed by atoms with E-state index in [4.69, 9.17) is 29.6 Å². The van der Waals surface area contributed by atoms with Crippen LogP contribution in [0.1, 0.15) is 36.2 Å². The van der Waals surface area contributed by atoms with Crippen LogP contribution in [0.15, 0.2) is 28.4 Å². The molecule has 1 N–H and O–H groups in total. The number of hydrogen-bond acceptors (Lipinski definition) is 4. The molecule has 0 radical (unpaired) electrons. The van der Waals surface area contributed by atoms with Gasteiger partial charge in [0.05, 0.1) is 22.8 Å². The Hall–Kier alpha value is -2.36. The summed E-state index contributed by atoms with van der Waals surface area (Å²) in [6.07, 6.45) is 7.56. The Morgan fingerprint density at radius 3 is 2.68 bits per heavy atom. The second-order valence-corrected chi connectivity index (χ2v) is 7.66. The zero-order valence-corrected chi connectivity index (χ0v) is 17.3. The van der Waals surface area contributed by atoms with Crippen LogP contribution < -0.4 is 5.32 Å². The van der Waals surface area contributed by atoms with Gasteiger partial charge in [0.15, 0.2) is 5.66 Å². The van der Waals surface area contributed by atoms with E-state index in [9.17, 15) is 4.79 Å². The fraction of sp³-hybridized carbons (Fsp3) is 0.400. The van der Waals surface area contributed by atoms with Gasteiger partial charge in [-0.1, -0.05) is 23.2 Å². The van der Waals surface area contributed by atoms with Gasteiger partial charge in [0.2, 0.25) is 5.91 Å². The SMILES string of the molecule is C#CCCC1(CCNC(=O)Cc2c(C)nn(-c3ccc(Cl)cc3Cl)c2C)N=N1. The number of aromatic nitrogens is 2. The van der Waals surface area contributed by atoms with E-state index in [-0.39, 0.29) is 18.0 Å². The van der Waals surface area contributed by atoms with Crippen molar-refractivity contribution in [1.82, 2.24) is 15.1 Å². The molecule has 3 rings (SSSR count). The van der Waals surface area contributed by atoms with Gasteiger partial charge in [0.1, 0.15) is 0 Å². The van der Waals surface area contributed by atoms with Crippen molar-refractivity contribution >= 4 is 29.1 Å². The number of amides is 1. The molecule has 6 nitrogen and oxygen atoms in total. The molecule has 146 valence electrons. The zero-order valence-electron chi connectivity index (χ0n) is 15.8. The molecule has 0 saturated heterocycles. The number of nitrogens with one attached hydrogen (secondary N) is 1. The fourth-order valence-electron chi connectivity index (χ4n) is 3.11. The van der Waals surface area contributed by atoms with Crippen molar-refractivity contribution in [3.8, 4) is 18.0 Å². The molecule has 0 saturated carbocycles. The Balaban J connectivity index is 1.62. The molecule has 0 atom stereocenters. The third-order valence-electron chi connectivity index (χ3n) is 4.82. The third-order valence-corrected chi connectivity index (χ3v) is 5.35. The molecule has 1 aliphatic rings. The zero-order chi connectivity index (χ0) is 20.3. The number of aryl methyl sites for hydroxylation is 1. The minimum atomic E-state index is -0.387. The summed E-state index contributed by atoms with van der Waals surface area (Å²) in [6, 6.07) is 5.24. The van der Waals surface area contributed by atoms with E-state index in [1.807, 2.05) is 19.9 Å². The predicted molar refractivity (Wildman–Crippen MR) is 110 cm³/mol. The van der Waals surface area contributed by atoms with Gasteiger partial charge in [0, 0.05) is 42.1 Å². The van der Waals surface area contributed by atoms with E-state index in [1.54, 1.807) is 16.8 Å². The number of carbonyl (C=O) groups is 1. The summed E-state index contributed by atoms with van der Waals surface area (Å²) in [7, 11) is 0. The Morgan fingerprint density at radius 1 is 1.29 bits per heavy atom. The highest BCUT2D eigenvalue weighted by Gasteiger charge is 2.38. The normalized spacial score (nSPS) is 14.0. The van der Waals surface area contributed by atoms with E-state index in [0.717, 1.165) is 29.1 Å². The topological polar surface area (TPSA) is 71.6 Å². The van der Waals surface area contributed by atoms with Gasteiger partial charge in [0.25, 0.3) is 0 Å². The fourth-order valence-corrected chi connectivity index (χ4v) is 3.60. The number of rotatable bonds is 8. The van der Waals surface area contributed by atoms with Crippen molar-refractivity contribution in [2.45, 2.75) is 45.2 Å². The first-order chi connectivity index (χ1) is 13.3. The van der Waals surface area contributed by atoms with Crippen LogP contribution in [0, 0.1) is 26.2 Å². The van der Waals surface area contributed by atoms with Gasteiger partial charge in [-0.05, 0) is 32.0 Å². The van der Waals surface area contributed by atoms with Crippen LogP contribution in [0.25, 0.3) is 5.69 Å². The number of hydrogen-bond donors (Lipinski definition) is 1. The minimum Gasteiger partial charge on any atom is -0.356 e. The monoisotopic (exact) mass is 417 g/mol. The molecule has 1 aromatic carbocycles. The summed E-state index contributed by atoms with van der Waals surface area (Å²) < 4.78 is 1.74. The maximum absolute atomic E-state index is 12.4. The molecule has 8 heteroatoms. The lowest BCUT2D eigenvalue weighted by Crippen LogP contribution is -2.29. The van der Waals surface area contributed by atoms with E-state index in [1.165, 1.54) is 0 Å². The van der Waals surface area contributed by atoms with Crippen LogP contribution in [0.2, 0.25) is 10.0 Å². The smallest absolute Gasteiger partial charge is 0.224 e. The molecule has 1 aliphatic heterocycles. The average molecular weight is 418 g/mol. The Bertz CT molecular complexity index is 968. The van der Waals surface area contributed by atoms with Gasteiger partial charge >= 0.3 is 0 Å². The molecule has 28 heavy (non-hydrogen) atoms. The molecule has 2 aromatic rings. The lowest BCUT2D eigenvalue weighted by molar-refractivity contribution is -0.120. The molecule has 2 heterocycles.